The number of hydrogen-bond donors (Lipinski definition) is 0. The average molecular weight is 198 g/mol. The van der Waals surface area contributed by atoms with Gasteiger partial charge in [-0.25, -0.2) is 0 Å². The third-order valence-corrected chi connectivity index (χ3v) is 2.78. The lowest BCUT2D eigenvalue weighted by atomic mass is 9.93. The van der Waals surface area contributed by atoms with Crippen LogP contribution in [0.25, 0.3) is 0 Å². The van der Waals surface area contributed by atoms with E-state index < -0.39 is 0 Å². The molecule has 1 atom stereocenters. The summed E-state index contributed by atoms with van der Waals surface area (Å²) < 4.78 is 4.82. The molecule has 3 nitrogen and oxygen atoms in total. The van der Waals surface area contributed by atoms with E-state index in [2.05, 4.69) is 0 Å². The molecule has 1 aliphatic carbocycles. The van der Waals surface area contributed by atoms with Crippen molar-refractivity contribution in [3.05, 3.63) is 0 Å². The third-order valence-electron chi connectivity index (χ3n) is 2.78. The van der Waals surface area contributed by atoms with Gasteiger partial charge in [-0.3, -0.25) is 9.59 Å². The smallest absolute Gasteiger partial charge is 0.302 e. The Morgan fingerprint density at radius 3 is 2.43 bits per heavy atom. The average Bonchev–Trinajstić information content (AvgIpc) is 2.65. The maximum absolute atomic E-state index is 11.8. The zero-order valence-electron chi connectivity index (χ0n) is 8.91. The van der Waals surface area contributed by atoms with Crippen LogP contribution in [0.1, 0.15) is 39.5 Å². The molecule has 1 aliphatic rings. The van der Waals surface area contributed by atoms with Crippen LogP contribution in [0.5, 0.6) is 0 Å². The summed E-state index contributed by atoms with van der Waals surface area (Å²) in [6.07, 6.45) is 4.36. The Balaban J connectivity index is 2.31. The molecule has 0 aliphatic heterocycles. The van der Waals surface area contributed by atoms with Gasteiger partial charge in [0, 0.05) is 18.8 Å². The van der Waals surface area contributed by atoms with Crippen molar-refractivity contribution in [2.45, 2.75) is 39.5 Å². The lowest BCUT2D eigenvalue weighted by molar-refractivity contribution is -0.143. The van der Waals surface area contributed by atoms with Gasteiger partial charge in [-0.15, -0.1) is 0 Å². The summed E-state index contributed by atoms with van der Waals surface area (Å²) in [5, 5.41) is 0. The van der Waals surface area contributed by atoms with Crippen LogP contribution < -0.4 is 0 Å². The first-order valence-corrected chi connectivity index (χ1v) is 5.28. The van der Waals surface area contributed by atoms with Gasteiger partial charge in [-0.05, 0) is 12.8 Å². The Bertz CT molecular complexity index is 217. The van der Waals surface area contributed by atoms with E-state index in [1.54, 1.807) is 0 Å². The van der Waals surface area contributed by atoms with Crippen molar-refractivity contribution in [3.63, 3.8) is 0 Å². The molecule has 14 heavy (non-hydrogen) atoms. The molecule has 3 heteroatoms. The van der Waals surface area contributed by atoms with Crippen LogP contribution in [0.2, 0.25) is 0 Å². The highest BCUT2D eigenvalue weighted by atomic mass is 16.5. The van der Waals surface area contributed by atoms with Gasteiger partial charge in [0.25, 0.3) is 0 Å². The summed E-state index contributed by atoms with van der Waals surface area (Å²) >= 11 is 0. The summed E-state index contributed by atoms with van der Waals surface area (Å²) in [6, 6.07) is 0. The number of ketones is 1. The fraction of sp³-hybridized carbons (Fsp3) is 0.818. The van der Waals surface area contributed by atoms with Gasteiger partial charge in [0.2, 0.25) is 0 Å². The standard InChI is InChI=1S/C11H18O3/c1-8(7-14-9(2)12)11(13)10-5-3-4-6-10/h8,10H,3-7H2,1-2H3. The highest BCUT2D eigenvalue weighted by molar-refractivity contribution is 5.83. The molecule has 0 amide bonds. The maximum Gasteiger partial charge on any atom is 0.302 e. The maximum atomic E-state index is 11.8. The third kappa shape index (κ3) is 3.13. The molecule has 1 saturated carbocycles. The van der Waals surface area contributed by atoms with E-state index in [0.717, 1.165) is 25.7 Å². The molecule has 0 N–H and O–H groups in total. The molecule has 0 radical (unpaired) electrons. The second-order valence-electron chi connectivity index (χ2n) is 4.09. The van der Waals surface area contributed by atoms with Crippen molar-refractivity contribution >= 4 is 11.8 Å². The Hall–Kier alpha value is -0.860. The molecule has 0 aromatic carbocycles. The molecular weight excluding hydrogens is 180 g/mol. The monoisotopic (exact) mass is 198 g/mol. The van der Waals surface area contributed by atoms with Gasteiger partial charge in [-0.2, -0.15) is 0 Å². The topological polar surface area (TPSA) is 43.4 Å². The lowest BCUT2D eigenvalue weighted by Gasteiger charge is -2.14. The van der Waals surface area contributed by atoms with Crippen molar-refractivity contribution < 1.29 is 14.3 Å². The zero-order chi connectivity index (χ0) is 10.6. The van der Waals surface area contributed by atoms with Crippen LogP contribution in [-0.4, -0.2) is 18.4 Å². The molecule has 1 unspecified atom stereocenters. The molecule has 1 fully saturated rings. The summed E-state index contributed by atoms with van der Waals surface area (Å²) in [4.78, 5) is 22.3. The van der Waals surface area contributed by atoms with Crippen LogP contribution in [0.4, 0.5) is 0 Å². The van der Waals surface area contributed by atoms with E-state index >= 15 is 0 Å². The first kappa shape index (κ1) is 11.2. The molecule has 0 spiro atoms. The Morgan fingerprint density at radius 1 is 1.36 bits per heavy atom. The normalized spacial score (nSPS) is 19.3. The van der Waals surface area contributed by atoms with Crippen LogP contribution in [-0.2, 0) is 14.3 Å². The number of Topliss-reactive ketones (excluding diaryl/α,β-unsaturated/α-hetero) is 1. The molecule has 0 aromatic rings. The Morgan fingerprint density at radius 2 is 1.93 bits per heavy atom. The van der Waals surface area contributed by atoms with E-state index in [1.807, 2.05) is 6.92 Å². The predicted octanol–water partition coefficient (Wildman–Crippen LogP) is 1.94. The minimum absolute atomic E-state index is 0.137. The van der Waals surface area contributed by atoms with Crippen LogP contribution in [0, 0.1) is 11.8 Å². The highest BCUT2D eigenvalue weighted by Gasteiger charge is 2.26. The molecule has 0 bridgehead atoms. The number of esters is 1. The molecular formula is C11H18O3. The molecule has 1 rings (SSSR count). The van der Waals surface area contributed by atoms with Crippen molar-refractivity contribution in [3.8, 4) is 0 Å². The van der Waals surface area contributed by atoms with E-state index in [4.69, 9.17) is 4.74 Å². The van der Waals surface area contributed by atoms with Gasteiger partial charge in [0.15, 0.2) is 0 Å². The summed E-state index contributed by atoms with van der Waals surface area (Å²) in [5.41, 5.74) is 0. The molecule has 0 saturated heterocycles. The lowest BCUT2D eigenvalue weighted by Crippen LogP contribution is -2.24. The molecule has 80 valence electrons. The van der Waals surface area contributed by atoms with E-state index in [9.17, 15) is 9.59 Å². The fourth-order valence-electron chi connectivity index (χ4n) is 1.94. The van der Waals surface area contributed by atoms with Crippen LogP contribution in [0.15, 0.2) is 0 Å². The van der Waals surface area contributed by atoms with E-state index in [1.165, 1.54) is 6.92 Å². The number of ether oxygens (including phenoxy) is 1. The van der Waals surface area contributed by atoms with Gasteiger partial charge >= 0.3 is 5.97 Å². The van der Waals surface area contributed by atoms with E-state index in [0.29, 0.717) is 0 Å². The second kappa shape index (κ2) is 5.13. The quantitative estimate of drug-likeness (QED) is 0.648. The van der Waals surface area contributed by atoms with Crippen molar-refractivity contribution in [2.24, 2.45) is 11.8 Å². The van der Waals surface area contributed by atoms with Gasteiger partial charge < -0.3 is 4.74 Å². The SMILES string of the molecule is CC(=O)OCC(C)C(=O)C1CCCC1. The highest BCUT2D eigenvalue weighted by Crippen LogP contribution is 2.27. The van der Waals surface area contributed by atoms with Crippen LogP contribution in [0.3, 0.4) is 0 Å². The predicted molar refractivity (Wildman–Crippen MR) is 52.8 cm³/mol. The summed E-state index contributed by atoms with van der Waals surface area (Å²) in [5.74, 6) is 0.0439. The van der Waals surface area contributed by atoms with Crippen molar-refractivity contribution in [1.29, 1.82) is 0 Å². The van der Waals surface area contributed by atoms with Crippen molar-refractivity contribution in [1.82, 2.24) is 0 Å². The number of carbonyl (C=O) groups is 2. The van der Waals surface area contributed by atoms with Gasteiger partial charge in [0.05, 0.1) is 0 Å². The first-order chi connectivity index (χ1) is 6.61. The minimum atomic E-state index is -0.309. The number of rotatable bonds is 4. The Labute approximate surface area is 84.8 Å². The molecule has 0 aromatic heterocycles. The van der Waals surface area contributed by atoms with Crippen LogP contribution >= 0.6 is 0 Å². The summed E-state index contributed by atoms with van der Waals surface area (Å²) in [7, 11) is 0. The number of hydrogen-bond acceptors (Lipinski definition) is 3. The largest absolute Gasteiger partial charge is 0.465 e. The summed E-state index contributed by atoms with van der Waals surface area (Å²) in [6.45, 7) is 3.45. The van der Waals surface area contributed by atoms with E-state index in [-0.39, 0.29) is 30.2 Å². The number of carbonyl (C=O) groups excluding carboxylic acids is 2. The second-order valence-corrected chi connectivity index (χ2v) is 4.09. The van der Waals surface area contributed by atoms with Gasteiger partial charge in [0.1, 0.15) is 12.4 Å². The first-order valence-electron chi connectivity index (χ1n) is 5.28. The Kier molecular flexibility index (Phi) is 4.11. The van der Waals surface area contributed by atoms with Crippen molar-refractivity contribution in [2.75, 3.05) is 6.61 Å². The fourth-order valence-corrected chi connectivity index (χ4v) is 1.94. The molecule has 0 heterocycles. The zero-order valence-corrected chi connectivity index (χ0v) is 8.91. The van der Waals surface area contributed by atoms with Gasteiger partial charge in [-0.1, -0.05) is 19.8 Å². The minimum Gasteiger partial charge on any atom is -0.465 e.